The summed E-state index contributed by atoms with van der Waals surface area (Å²) in [5.41, 5.74) is 8.00. The van der Waals surface area contributed by atoms with Crippen LogP contribution in [0.1, 0.15) is 46.0 Å². The van der Waals surface area contributed by atoms with Crippen LogP contribution in [0.25, 0.3) is 5.53 Å². The van der Waals surface area contributed by atoms with Crippen LogP contribution in [0.5, 0.6) is 0 Å². The van der Waals surface area contributed by atoms with Crippen LogP contribution >= 0.6 is 0 Å². The molecule has 0 heterocycles. The van der Waals surface area contributed by atoms with Gasteiger partial charge in [-0.2, -0.15) is 13.2 Å². The minimum Gasteiger partial charge on any atom is -0.361 e. The van der Waals surface area contributed by atoms with Crippen molar-refractivity contribution >= 4 is 27.2 Å². The molecule has 1 fully saturated rings. The van der Waals surface area contributed by atoms with Crippen molar-refractivity contribution in [2.75, 3.05) is 0 Å². The van der Waals surface area contributed by atoms with Crippen LogP contribution in [0, 0.1) is 11.3 Å². The molecule has 1 saturated carbocycles. The average molecular weight is 270 g/mol. The Hall–Kier alpha value is -1.26. The van der Waals surface area contributed by atoms with Crippen molar-refractivity contribution in [2.24, 2.45) is 11.3 Å². The topological polar surface area (TPSA) is 87.6 Å². The Labute approximate surface area is 108 Å². The molecule has 0 aromatic carbocycles. The predicted molar refractivity (Wildman–Crippen MR) is 69.0 cm³/mol. The highest BCUT2D eigenvalue weighted by atomic mass is 32.2. The van der Waals surface area contributed by atoms with E-state index >= 15 is 0 Å². The molecule has 0 radical (unpaired) electrons. The first-order valence-electron chi connectivity index (χ1n) is 6.09. The molecule has 0 spiro atoms. The molecular formula is C12H18N2O3S. The van der Waals surface area contributed by atoms with Crippen molar-refractivity contribution in [1.29, 1.82) is 0 Å². The SMILES string of the molecule is CC(C)(C=S(=O)=O)C(=O)C(=[N+]=[N-])C1CCCCC1. The minimum absolute atomic E-state index is 0.0518. The van der Waals surface area contributed by atoms with Crippen LogP contribution in [-0.2, 0) is 15.1 Å². The van der Waals surface area contributed by atoms with Gasteiger partial charge in [-0.05, 0) is 26.7 Å². The summed E-state index contributed by atoms with van der Waals surface area (Å²) in [4.78, 5) is 15.4. The molecular weight excluding hydrogens is 252 g/mol. The Morgan fingerprint density at radius 3 is 2.28 bits per heavy atom. The van der Waals surface area contributed by atoms with E-state index in [-0.39, 0.29) is 11.6 Å². The van der Waals surface area contributed by atoms with Gasteiger partial charge in [0.25, 0.3) is 0 Å². The Bertz CT molecular complexity index is 499. The number of Topliss-reactive ketones (excluding diaryl/α,β-unsaturated/α-hetero) is 1. The van der Waals surface area contributed by atoms with E-state index in [0.717, 1.165) is 37.5 Å². The van der Waals surface area contributed by atoms with Crippen LogP contribution < -0.4 is 0 Å². The molecule has 0 aliphatic heterocycles. The largest absolute Gasteiger partial charge is 0.361 e. The molecule has 0 bridgehead atoms. The van der Waals surface area contributed by atoms with Gasteiger partial charge in [-0.15, -0.1) is 0 Å². The molecule has 0 saturated heterocycles. The standard InChI is InChI=1S/C12H18N2O3S/c1-12(2,8-18(16)17)11(15)10(14-13)9-6-4-3-5-7-9/h8-9H,3-7H2,1-2H3. The fraction of sp³-hybridized carbons (Fsp3) is 0.750. The Balaban J connectivity index is 2.99. The third-order valence-corrected chi connectivity index (χ3v) is 4.09. The second-order valence-corrected chi connectivity index (χ2v) is 6.01. The highest BCUT2D eigenvalue weighted by molar-refractivity contribution is 7.71. The lowest BCUT2D eigenvalue weighted by Gasteiger charge is -2.20. The molecule has 0 atom stereocenters. The van der Waals surface area contributed by atoms with E-state index in [9.17, 15) is 13.2 Å². The van der Waals surface area contributed by atoms with Gasteiger partial charge in [0, 0.05) is 5.37 Å². The van der Waals surface area contributed by atoms with Crippen LogP contribution in [0.3, 0.4) is 0 Å². The predicted octanol–water partition coefficient (Wildman–Crippen LogP) is 1.51. The smallest absolute Gasteiger partial charge is 0.338 e. The van der Waals surface area contributed by atoms with E-state index in [2.05, 4.69) is 4.79 Å². The normalized spacial score (nSPS) is 16.8. The summed E-state index contributed by atoms with van der Waals surface area (Å²) in [6.07, 6.45) is 4.79. The first-order chi connectivity index (χ1) is 8.38. The molecule has 1 aliphatic rings. The summed E-state index contributed by atoms with van der Waals surface area (Å²) >= 11 is 0. The fourth-order valence-corrected chi connectivity index (χ4v) is 2.90. The van der Waals surface area contributed by atoms with Gasteiger partial charge in [0.2, 0.25) is 16.1 Å². The molecule has 0 aromatic rings. The fourth-order valence-electron chi connectivity index (χ4n) is 2.31. The Kier molecular flexibility index (Phi) is 4.99. The van der Waals surface area contributed by atoms with E-state index in [1.54, 1.807) is 0 Å². The van der Waals surface area contributed by atoms with Crippen molar-refractivity contribution in [3.05, 3.63) is 5.53 Å². The number of hydrogen-bond acceptors (Lipinski definition) is 3. The van der Waals surface area contributed by atoms with Crippen molar-refractivity contribution in [3.8, 4) is 0 Å². The zero-order valence-electron chi connectivity index (χ0n) is 10.7. The van der Waals surface area contributed by atoms with E-state index in [0.29, 0.717) is 0 Å². The van der Waals surface area contributed by atoms with Crippen molar-refractivity contribution in [1.82, 2.24) is 0 Å². The van der Waals surface area contributed by atoms with Crippen molar-refractivity contribution < 1.29 is 18.0 Å². The summed E-state index contributed by atoms with van der Waals surface area (Å²) in [7, 11) is -2.41. The maximum atomic E-state index is 12.2. The maximum absolute atomic E-state index is 12.2. The van der Waals surface area contributed by atoms with E-state index < -0.39 is 21.5 Å². The van der Waals surface area contributed by atoms with Gasteiger partial charge in [-0.1, -0.05) is 19.3 Å². The van der Waals surface area contributed by atoms with Crippen LogP contribution in [0.15, 0.2) is 0 Å². The molecule has 5 nitrogen and oxygen atoms in total. The highest BCUT2D eigenvalue weighted by Crippen LogP contribution is 2.27. The first-order valence-corrected chi connectivity index (χ1v) is 7.23. The zero-order valence-corrected chi connectivity index (χ0v) is 11.5. The number of hydrogen-bond donors (Lipinski definition) is 0. The lowest BCUT2D eigenvalue weighted by molar-refractivity contribution is -0.122. The molecule has 18 heavy (non-hydrogen) atoms. The monoisotopic (exact) mass is 270 g/mol. The minimum atomic E-state index is -2.41. The molecule has 100 valence electrons. The van der Waals surface area contributed by atoms with Gasteiger partial charge >= 0.3 is 5.71 Å². The van der Waals surface area contributed by atoms with E-state index in [1.165, 1.54) is 13.8 Å². The van der Waals surface area contributed by atoms with Crippen LogP contribution in [0.2, 0.25) is 0 Å². The average Bonchev–Trinajstić information content (AvgIpc) is 2.29. The van der Waals surface area contributed by atoms with Gasteiger partial charge < -0.3 is 5.53 Å². The van der Waals surface area contributed by atoms with Gasteiger partial charge in [0.15, 0.2) is 0 Å². The summed E-state index contributed by atoms with van der Waals surface area (Å²) in [5, 5.41) is 0.948. The van der Waals surface area contributed by atoms with Crippen molar-refractivity contribution in [2.45, 2.75) is 46.0 Å². The van der Waals surface area contributed by atoms with Gasteiger partial charge in [0.1, 0.15) is 0 Å². The maximum Gasteiger partial charge on any atom is 0.338 e. The molecule has 0 aromatic heterocycles. The summed E-state index contributed by atoms with van der Waals surface area (Å²) in [6, 6.07) is 0. The molecule has 6 heteroatoms. The Morgan fingerprint density at radius 2 is 1.83 bits per heavy atom. The third kappa shape index (κ3) is 3.62. The first kappa shape index (κ1) is 14.8. The van der Waals surface area contributed by atoms with Crippen LogP contribution in [0.4, 0.5) is 0 Å². The lowest BCUT2D eigenvalue weighted by atomic mass is 9.78. The lowest BCUT2D eigenvalue weighted by Crippen LogP contribution is -2.38. The number of nitrogens with zero attached hydrogens (tertiary/aromatic N) is 2. The number of rotatable bonds is 4. The summed E-state index contributed by atoms with van der Waals surface area (Å²) in [6.45, 7) is 3.03. The number of ketones is 1. The van der Waals surface area contributed by atoms with E-state index in [1.807, 2.05) is 0 Å². The van der Waals surface area contributed by atoms with Gasteiger partial charge in [-0.3, -0.25) is 4.79 Å². The second kappa shape index (κ2) is 6.07. The van der Waals surface area contributed by atoms with Crippen molar-refractivity contribution in [3.63, 3.8) is 0 Å². The number of carbonyl (C=O) groups is 1. The molecule has 0 amide bonds. The van der Waals surface area contributed by atoms with Crippen LogP contribution in [-0.4, -0.2) is 30.1 Å². The molecule has 1 aliphatic carbocycles. The molecule has 0 N–H and O–H groups in total. The van der Waals surface area contributed by atoms with E-state index in [4.69, 9.17) is 5.53 Å². The summed E-state index contributed by atoms with van der Waals surface area (Å²) < 4.78 is 21.4. The van der Waals surface area contributed by atoms with Gasteiger partial charge in [0.05, 0.1) is 11.3 Å². The zero-order chi connectivity index (χ0) is 13.8. The quantitative estimate of drug-likeness (QED) is 0.336. The van der Waals surface area contributed by atoms with Gasteiger partial charge in [-0.25, -0.2) is 0 Å². The molecule has 0 unspecified atom stereocenters. The third-order valence-electron chi connectivity index (χ3n) is 3.31. The molecule has 1 rings (SSSR count). The Morgan fingerprint density at radius 1 is 1.28 bits per heavy atom. The number of carbonyl (C=O) groups excluding carboxylic acids is 1. The second-order valence-electron chi connectivity index (χ2n) is 5.25. The highest BCUT2D eigenvalue weighted by Gasteiger charge is 2.40. The summed E-state index contributed by atoms with van der Waals surface area (Å²) in [5.74, 6) is -0.467.